The van der Waals surface area contributed by atoms with Gasteiger partial charge in [0.15, 0.2) is 5.78 Å². The van der Waals surface area contributed by atoms with Gasteiger partial charge in [0.05, 0.1) is 11.0 Å². The third kappa shape index (κ3) is 9.12. The molecule has 3 aromatic rings. The minimum Gasteiger partial charge on any atom is -0.392 e. The molecule has 1 saturated heterocycles. The van der Waals surface area contributed by atoms with Gasteiger partial charge in [-0.3, -0.25) is 9.59 Å². The fourth-order valence-corrected chi connectivity index (χ4v) is 8.41. The number of hydrogen-bond acceptors (Lipinski definition) is 5. The van der Waals surface area contributed by atoms with Gasteiger partial charge in [-0.1, -0.05) is 32.0 Å². The second-order valence-electron chi connectivity index (χ2n) is 12.8. The molecule has 2 unspecified atom stereocenters. The summed E-state index contributed by atoms with van der Waals surface area (Å²) in [6.45, 7) is 9.09. The molecule has 1 N–H and O–H groups in total. The predicted molar refractivity (Wildman–Crippen MR) is 179 cm³/mol. The molecule has 7 nitrogen and oxygen atoms in total. The van der Waals surface area contributed by atoms with E-state index in [1.807, 2.05) is 20.8 Å². The molecule has 0 bridgehead atoms. The highest BCUT2D eigenvalue weighted by atomic mass is 32.2. The summed E-state index contributed by atoms with van der Waals surface area (Å²) < 4.78 is 57.0. The number of aliphatic hydroxyl groups excluding tert-OH is 1. The number of carbonyl (C=O) groups excluding carboxylic acids is 2. The molecule has 1 amide bonds. The number of sulfonamides is 1. The summed E-state index contributed by atoms with van der Waals surface area (Å²) >= 11 is 0. The van der Waals surface area contributed by atoms with Crippen LogP contribution < -0.4 is 0 Å². The van der Waals surface area contributed by atoms with Crippen LogP contribution in [0.5, 0.6) is 0 Å². The minimum atomic E-state index is -3.83. The first-order valence-corrected chi connectivity index (χ1v) is 17.9. The molecule has 0 aliphatic carbocycles. The number of aliphatic hydroxyl groups is 1. The maximum absolute atomic E-state index is 14.2. The number of rotatable bonds is 14. The van der Waals surface area contributed by atoms with E-state index in [0.29, 0.717) is 49.2 Å². The zero-order chi connectivity index (χ0) is 34.3. The molecule has 1 heterocycles. The number of hydrogen-bond donors (Lipinski definition) is 1. The molecule has 0 radical (unpaired) electrons. The van der Waals surface area contributed by atoms with Crippen molar-refractivity contribution in [1.29, 1.82) is 0 Å². The number of piperidine rings is 1. The van der Waals surface area contributed by atoms with Gasteiger partial charge in [0.25, 0.3) is 5.91 Å². The van der Waals surface area contributed by atoms with Gasteiger partial charge in [-0.2, -0.15) is 4.31 Å². The number of aryl methyl sites for hydroxylation is 2. The molecule has 1 fully saturated rings. The van der Waals surface area contributed by atoms with Crippen LogP contribution in [-0.2, 0) is 16.4 Å². The highest BCUT2D eigenvalue weighted by Gasteiger charge is 2.37. The van der Waals surface area contributed by atoms with E-state index in [1.165, 1.54) is 16.4 Å². The quantitative estimate of drug-likeness (QED) is 0.192. The van der Waals surface area contributed by atoms with Gasteiger partial charge >= 0.3 is 0 Å². The number of halogens is 2. The van der Waals surface area contributed by atoms with E-state index in [0.717, 1.165) is 24.5 Å². The second-order valence-corrected chi connectivity index (χ2v) is 14.7. The summed E-state index contributed by atoms with van der Waals surface area (Å²) in [5, 5.41) is 11.8. The first-order chi connectivity index (χ1) is 22.3. The van der Waals surface area contributed by atoms with Crippen molar-refractivity contribution in [1.82, 2.24) is 9.21 Å². The van der Waals surface area contributed by atoms with Crippen molar-refractivity contribution in [2.45, 2.75) is 77.2 Å². The van der Waals surface area contributed by atoms with Crippen molar-refractivity contribution in [3.05, 3.63) is 100 Å². The van der Waals surface area contributed by atoms with Crippen molar-refractivity contribution >= 4 is 21.7 Å². The van der Waals surface area contributed by atoms with Crippen LogP contribution in [0.4, 0.5) is 8.78 Å². The fourth-order valence-electron chi connectivity index (χ4n) is 6.65. The van der Waals surface area contributed by atoms with Gasteiger partial charge in [0.2, 0.25) is 10.0 Å². The fraction of sp³-hybridized carbons (Fsp3) is 0.459. The Morgan fingerprint density at radius 1 is 0.957 bits per heavy atom. The molecule has 3 aromatic carbocycles. The van der Waals surface area contributed by atoms with Gasteiger partial charge in [-0.05, 0) is 111 Å². The van der Waals surface area contributed by atoms with Gasteiger partial charge in [-0.25, -0.2) is 17.2 Å². The highest BCUT2D eigenvalue weighted by molar-refractivity contribution is 7.89. The van der Waals surface area contributed by atoms with Crippen LogP contribution in [0.1, 0.15) is 83.4 Å². The average Bonchev–Trinajstić information content (AvgIpc) is 3.03. The zero-order valence-corrected chi connectivity index (χ0v) is 28.5. The van der Waals surface area contributed by atoms with Crippen LogP contribution in [0, 0.1) is 37.3 Å². The monoisotopic (exact) mass is 668 g/mol. The topological polar surface area (TPSA) is 95.0 Å². The molecular weight excluding hydrogens is 622 g/mol. The van der Waals surface area contributed by atoms with E-state index >= 15 is 0 Å². The maximum atomic E-state index is 14.2. The third-order valence-corrected chi connectivity index (χ3v) is 10.9. The van der Waals surface area contributed by atoms with Crippen LogP contribution in [0.25, 0.3) is 0 Å². The molecule has 0 saturated carbocycles. The van der Waals surface area contributed by atoms with E-state index < -0.39 is 39.6 Å². The molecule has 4 rings (SSSR count). The Bertz CT molecular complexity index is 1650. The molecule has 10 heteroatoms. The predicted octanol–water partition coefficient (Wildman–Crippen LogP) is 6.74. The Kier molecular flexibility index (Phi) is 12.4. The summed E-state index contributed by atoms with van der Waals surface area (Å²) in [5.41, 5.74) is 2.37. The number of benzene rings is 3. The number of ketones is 1. The van der Waals surface area contributed by atoms with Crippen LogP contribution in [0.15, 0.2) is 65.6 Å². The van der Waals surface area contributed by atoms with Crippen molar-refractivity contribution < 1.29 is 31.9 Å². The zero-order valence-electron chi connectivity index (χ0n) is 27.7. The first-order valence-electron chi connectivity index (χ1n) is 16.5. The smallest absolute Gasteiger partial charge is 0.253 e. The van der Waals surface area contributed by atoms with Gasteiger partial charge < -0.3 is 10.0 Å². The molecular formula is C37H46F2N2O5S. The summed E-state index contributed by atoms with van der Waals surface area (Å²) in [5.74, 6) is -3.29. The molecule has 1 aliphatic rings. The number of amides is 1. The summed E-state index contributed by atoms with van der Waals surface area (Å²) in [6, 6.07) is 14.9. The average molecular weight is 669 g/mol. The van der Waals surface area contributed by atoms with Crippen LogP contribution in [0.2, 0.25) is 0 Å². The van der Waals surface area contributed by atoms with Crippen molar-refractivity contribution in [2.75, 3.05) is 26.2 Å². The number of Topliss-reactive ketones (excluding diaryl/α,β-unsaturated/α-hetero) is 1. The second kappa shape index (κ2) is 16.1. The Balaban J connectivity index is 1.62. The molecule has 3 atom stereocenters. The summed E-state index contributed by atoms with van der Waals surface area (Å²) in [4.78, 5) is 29.2. The van der Waals surface area contributed by atoms with E-state index in [1.54, 1.807) is 54.3 Å². The first kappa shape index (κ1) is 36.4. The Hall–Kier alpha value is -3.47. The Morgan fingerprint density at radius 3 is 2.23 bits per heavy atom. The Morgan fingerprint density at radius 2 is 1.60 bits per heavy atom. The third-order valence-electron chi connectivity index (χ3n) is 8.89. The van der Waals surface area contributed by atoms with Gasteiger partial charge in [0.1, 0.15) is 11.6 Å². The molecule has 1 aliphatic heterocycles. The molecule has 0 spiro atoms. The van der Waals surface area contributed by atoms with Gasteiger partial charge in [0, 0.05) is 49.8 Å². The van der Waals surface area contributed by atoms with Gasteiger partial charge in [-0.15, -0.1) is 0 Å². The van der Waals surface area contributed by atoms with E-state index in [-0.39, 0.29) is 41.5 Å². The summed E-state index contributed by atoms with van der Waals surface area (Å²) in [7, 11) is -3.83. The SMILES string of the molecule is CCCN(CCC)C(=O)c1cc(C)cc(C(=O)CC(Cc2cc(F)cc(F)c2)[C@H](O)C2CCCN(S(=O)(=O)c3ccccc3C)C2)c1. The maximum Gasteiger partial charge on any atom is 0.253 e. The van der Waals surface area contributed by atoms with Crippen LogP contribution in [-0.4, -0.2) is 66.7 Å². The van der Waals surface area contributed by atoms with E-state index in [2.05, 4.69) is 0 Å². The normalized spacial score (nSPS) is 16.9. The lowest BCUT2D eigenvalue weighted by molar-refractivity contribution is 0.0231. The lowest BCUT2D eigenvalue weighted by atomic mass is 9.79. The van der Waals surface area contributed by atoms with Crippen molar-refractivity contribution in [3.8, 4) is 0 Å². The lowest BCUT2D eigenvalue weighted by Crippen LogP contribution is -2.46. The standard InChI is InChI=1S/C37H46F2N2O5S/c1-5-13-40(14-6-2)37(44)31-17-25(3)16-29(21-31)34(42)22-30(18-27-19-32(38)23-33(39)20-27)36(43)28-11-9-15-41(24-28)47(45,46)35-12-8-7-10-26(35)4/h7-8,10,12,16-17,19-21,23,28,30,36,43H,5-6,9,11,13-15,18,22,24H2,1-4H3/t28?,30?,36-/m1/s1. The van der Waals surface area contributed by atoms with E-state index in [9.17, 15) is 31.9 Å². The summed E-state index contributed by atoms with van der Waals surface area (Å²) in [6.07, 6.45) is 1.33. The van der Waals surface area contributed by atoms with Crippen molar-refractivity contribution in [3.63, 3.8) is 0 Å². The molecule has 0 aromatic heterocycles. The number of carbonyl (C=O) groups is 2. The van der Waals surface area contributed by atoms with Crippen LogP contribution >= 0.6 is 0 Å². The molecule has 254 valence electrons. The molecule has 47 heavy (non-hydrogen) atoms. The van der Waals surface area contributed by atoms with E-state index in [4.69, 9.17) is 0 Å². The minimum absolute atomic E-state index is 0.00100. The van der Waals surface area contributed by atoms with Crippen molar-refractivity contribution in [2.24, 2.45) is 11.8 Å². The van der Waals surface area contributed by atoms with Crippen LogP contribution in [0.3, 0.4) is 0 Å². The lowest BCUT2D eigenvalue weighted by Gasteiger charge is -2.37. The Labute approximate surface area is 277 Å². The highest BCUT2D eigenvalue weighted by Crippen LogP contribution is 2.32. The number of nitrogens with zero attached hydrogens (tertiary/aromatic N) is 2. The largest absolute Gasteiger partial charge is 0.392 e.